The number of hydrogen-bond acceptors (Lipinski definition) is 10. The molecule has 0 fully saturated rings. The van der Waals surface area contributed by atoms with Gasteiger partial charge in [0, 0.05) is 12.6 Å². The number of aliphatic hydroxyl groups excluding tert-OH is 1. The monoisotopic (exact) mass is 592 g/mol. The van der Waals surface area contributed by atoms with Gasteiger partial charge in [-0.3, -0.25) is 4.57 Å². The topological polar surface area (TPSA) is 153 Å². The van der Waals surface area contributed by atoms with Crippen molar-refractivity contribution in [3.63, 3.8) is 0 Å². The largest absolute Gasteiger partial charge is 0.494 e. The molecule has 0 saturated carbocycles. The van der Waals surface area contributed by atoms with Crippen molar-refractivity contribution >= 4 is 16.0 Å². The number of rotatable bonds is 12. The van der Waals surface area contributed by atoms with Gasteiger partial charge >= 0.3 is 0 Å². The van der Waals surface area contributed by atoms with Crippen molar-refractivity contribution in [2.45, 2.75) is 31.6 Å². The summed E-state index contributed by atoms with van der Waals surface area (Å²) in [5.74, 6) is 1.24. The Labute approximate surface area is 244 Å². The molecule has 0 aliphatic carbocycles. The predicted octanol–water partition coefficient (Wildman–Crippen LogP) is 3.90. The Morgan fingerprint density at radius 1 is 0.976 bits per heavy atom. The molecule has 0 aliphatic rings. The number of methoxy groups -OCH3 is 3. The van der Waals surface area contributed by atoms with E-state index in [0.29, 0.717) is 46.3 Å². The molecule has 4 aromatic rings. The molecule has 220 valence electrons. The number of nitriles is 1. The second-order valence-corrected chi connectivity index (χ2v) is 11.5. The highest BCUT2D eigenvalue weighted by Gasteiger charge is 2.38. The molecule has 42 heavy (non-hydrogen) atoms. The predicted molar refractivity (Wildman–Crippen MR) is 156 cm³/mol. The van der Waals surface area contributed by atoms with Gasteiger partial charge in [-0.25, -0.2) is 17.7 Å². The second-order valence-electron chi connectivity index (χ2n) is 9.24. The molecule has 2 atom stereocenters. The molecule has 2 aromatic heterocycles. The molecule has 1 N–H and O–H groups in total. The quantitative estimate of drug-likeness (QED) is 0.256. The molecule has 0 radical (unpaired) electrons. The smallest absolute Gasteiger partial charge is 0.246 e. The molecule has 0 amide bonds. The zero-order chi connectivity index (χ0) is 30.4. The lowest BCUT2D eigenvalue weighted by Gasteiger charge is -2.29. The number of nitrogens with zero attached hydrogens (tertiary/aromatic N) is 6. The summed E-state index contributed by atoms with van der Waals surface area (Å²) < 4.78 is 47.7. The number of pyridine rings is 1. The first-order valence-electron chi connectivity index (χ1n) is 13.1. The number of ether oxygens (including phenoxy) is 3. The summed E-state index contributed by atoms with van der Waals surface area (Å²) >= 11 is 0. The molecule has 0 saturated heterocycles. The summed E-state index contributed by atoms with van der Waals surface area (Å²) in [4.78, 5) is 4.50. The first kappa shape index (κ1) is 30.3. The van der Waals surface area contributed by atoms with Gasteiger partial charge in [0.15, 0.2) is 5.82 Å². The highest BCUT2D eigenvalue weighted by molar-refractivity contribution is 7.93. The van der Waals surface area contributed by atoms with Crippen molar-refractivity contribution in [3.05, 3.63) is 71.8 Å². The molecule has 13 heteroatoms. The van der Waals surface area contributed by atoms with Gasteiger partial charge in [-0.1, -0.05) is 31.2 Å². The van der Waals surface area contributed by atoms with Crippen LogP contribution in [0.2, 0.25) is 0 Å². The van der Waals surface area contributed by atoms with Crippen LogP contribution in [0.15, 0.2) is 60.7 Å². The fourth-order valence-electron chi connectivity index (χ4n) is 4.45. The van der Waals surface area contributed by atoms with Crippen LogP contribution in [0.25, 0.3) is 17.2 Å². The van der Waals surface area contributed by atoms with E-state index in [1.54, 1.807) is 36.4 Å². The van der Waals surface area contributed by atoms with E-state index in [-0.39, 0.29) is 18.3 Å². The molecular formula is C29H32N6O6S. The fraction of sp³-hybridized carbons (Fsp3) is 0.310. The van der Waals surface area contributed by atoms with E-state index in [1.165, 1.54) is 57.1 Å². The van der Waals surface area contributed by atoms with E-state index < -0.39 is 21.4 Å². The van der Waals surface area contributed by atoms with Crippen molar-refractivity contribution in [1.82, 2.24) is 19.7 Å². The Morgan fingerprint density at radius 2 is 1.62 bits per heavy atom. The number of aliphatic hydroxyl groups is 1. The van der Waals surface area contributed by atoms with Crippen LogP contribution in [0.5, 0.6) is 17.4 Å². The van der Waals surface area contributed by atoms with E-state index in [0.717, 1.165) is 4.31 Å². The summed E-state index contributed by atoms with van der Waals surface area (Å²) in [7, 11) is 0.202. The Bertz CT molecular complexity index is 1660. The molecular weight excluding hydrogens is 560 g/mol. The molecule has 0 aliphatic heterocycles. The first-order chi connectivity index (χ1) is 20.2. The number of hydrogen-bond donors (Lipinski definition) is 1. The maximum absolute atomic E-state index is 14.2. The lowest BCUT2D eigenvalue weighted by molar-refractivity contribution is 0.176. The van der Waals surface area contributed by atoms with Crippen molar-refractivity contribution in [3.8, 4) is 40.7 Å². The zero-order valence-electron chi connectivity index (χ0n) is 23.9. The third-order valence-corrected chi connectivity index (χ3v) is 8.84. The average molecular weight is 593 g/mol. The molecule has 4 rings (SSSR count). The van der Waals surface area contributed by atoms with Gasteiger partial charge in [-0.15, -0.1) is 10.2 Å². The second kappa shape index (κ2) is 12.9. The van der Waals surface area contributed by atoms with E-state index >= 15 is 0 Å². The van der Waals surface area contributed by atoms with Crippen molar-refractivity contribution in [2.24, 2.45) is 0 Å². The lowest BCUT2D eigenvalue weighted by atomic mass is 10.1. The van der Waals surface area contributed by atoms with Gasteiger partial charge in [0.05, 0.1) is 39.1 Å². The van der Waals surface area contributed by atoms with Crippen LogP contribution in [0.4, 0.5) is 5.95 Å². The fourth-order valence-corrected chi connectivity index (χ4v) is 6.12. The van der Waals surface area contributed by atoms with Crippen LogP contribution in [-0.2, 0) is 10.0 Å². The number of anilines is 1. The third kappa shape index (κ3) is 5.72. The Balaban J connectivity index is 1.94. The zero-order valence-corrected chi connectivity index (χ0v) is 24.7. The molecule has 12 nitrogen and oxygen atoms in total. The Kier molecular flexibility index (Phi) is 9.29. The Morgan fingerprint density at radius 3 is 2.19 bits per heavy atom. The van der Waals surface area contributed by atoms with Crippen molar-refractivity contribution in [1.29, 1.82) is 5.26 Å². The first-order valence-corrected chi connectivity index (χ1v) is 14.6. The molecule has 0 bridgehead atoms. The van der Waals surface area contributed by atoms with Crippen LogP contribution in [0, 0.1) is 11.3 Å². The van der Waals surface area contributed by atoms with E-state index in [4.69, 9.17) is 19.5 Å². The van der Waals surface area contributed by atoms with Crippen LogP contribution in [0.1, 0.15) is 37.5 Å². The Hall–Kier alpha value is -4.67. The van der Waals surface area contributed by atoms with Gasteiger partial charge in [-0.2, -0.15) is 5.26 Å². The number of aromatic nitrogens is 4. The van der Waals surface area contributed by atoms with Crippen LogP contribution in [-0.4, -0.2) is 66.4 Å². The molecule has 2 heterocycles. The number of para-hydroxylation sites is 1. The minimum absolute atomic E-state index is 0.0356. The minimum atomic E-state index is -4.26. The van der Waals surface area contributed by atoms with E-state index in [9.17, 15) is 13.5 Å². The third-order valence-electron chi connectivity index (χ3n) is 6.69. The maximum atomic E-state index is 14.2. The van der Waals surface area contributed by atoms with E-state index in [1.807, 2.05) is 13.0 Å². The van der Waals surface area contributed by atoms with Crippen LogP contribution in [0.3, 0.4) is 0 Å². The standard InChI is InChI=1S/C29H32N6O6S/c1-6-17-34(42(37,38)19(2)27(36)21-15-13-20(18-30)14-16-21)29-33-32-28(22-9-7-12-25(31-22)41-5)35(29)26-23(39-3)10-8-11-24(26)40-4/h7-16,19,27,36H,6,17H2,1-5H3/t19-,27-/m1/s1. The van der Waals surface area contributed by atoms with Crippen LogP contribution >= 0.6 is 0 Å². The maximum Gasteiger partial charge on any atom is 0.246 e. The highest BCUT2D eigenvalue weighted by Crippen LogP contribution is 2.39. The minimum Gasteiger partial charge on any atom is -0.494 e. The number of sulfonamides is 1. The summed E-state index contributed by atoms with van der Waals surface area (Å²) in [6.45, 7) is 3.29. The average Bonchev–Trinajstić information content (AvgIpc) is 3.46. The van der Waals surface area contributed by atoms with Gasteiger partial charge in [0.25, 0.3) is 0 Å². The van der Waals surface area contributed by atoms with Crippen LogP contribution < -0.4 is 18.5 Å². The van der Waals surface area contributed by atoms with Gasteiger partial charge in [0.1, 0.15) is 28.1 Å². The lowest BCUT2D eigenvalue weighted by Crippen LogP contribution is -2.42. The van der Waals surface area contributed by atoms with Gasteiger partial charge in [-0.05, 0) is 49.2 Å². The summed E-state index contributed by atoms with van der Waals surface area (Å²) in [5, 5.41) is 27.7. The van der Waals surface area contributed by atoms with Crippen molar-refractivity contribution < 1.29 is 27.7 Å². The SMILES string of the molecule is CCCN(c1nnc(-c2cccc(OC)n2)n1-c1c(OC)cccc1OC)S(=O)(=O)[C@H](C)[C@@H](O)c1ccc(C#N)cc1. The summed E-state index contributed by atoms with van der Waals surface area (Å²) in [6, 6.07) is 18.4. The molecule has 2 aromatic carbocycles. The van der Waals surface area contributed by atoms with Gasteiger partial charge in [0.2, 0.25) is 21.9 Å². The normalized spacial score (nSPS) is 12.7. The summed E-state index contributed by atoms with van der Waals surface area (Å²) in [5.41, 5.74) is 1.47. The summed E-state index contributed by atoms with van der Waals surface area (Å²) in [6.07, 6.45) is -0.958. The molecule has 0 spiro atoms. The highest BCUT2D eigenvalue weighted by atomic mass is 32.2. The van der Waals surface area contributed by atoms with E-state index in [2.05, 4.69) is 15.2 Å². The molecule has 0 unspecified atom stereocenters. The number of benzene rings is 2. The van der Waals surface area contributed by atoms with Gasteiger partial charge < -0.3 is 19.3 Å². The van der Waals surface area contributed by atoms with Crippen molar-refractivity contribution in [2.75, 3.05) is 32.2 Å².